The Morgan fingerprint density at radius 1 is 1.29 bits per heavy atom. The van der Waals surface area contributed by atoms with Gasteiger partial charge in [0.1, 0.15) is 15.8 Å². The summed E-state index contributed by atoms with van der Waals surface area (Å²) >= 11 is 6.72. The van der Waals surface area contributed by atoms with Crippen LogP contribution in [0.5, 0.6) is 0 Å². The minimum Gasteiger partial charge on any atom is -0.376 e. The van der Waals surface area contributed by atoms with Gasteiger partial charge in [-0.25, -0.2) is 4.98 Å². The molecule has 162 valence electrons. The van der Waals surface area contributed by atoms with Crippen LogP contribution in [0.4, 0.5) is 5.82 Å². The maximum absolute atomic E-state index is 13.5. The topological polar surface area (TPSA) is 67.2 Å². The van der Waals surface area contributed by atoms with Crippen molar-refractivity contribution < 1.29 is 9.53 Å². The van der Waals surface area contributed by atoms with Gasteiger partial charge in [-0.05, 0) is 50.3 Å². The highest BCUT2D eigenvalue weighted by Gasteiger charge is 2.35. The van der Waals surface area contributed by atoms with Gasteiger partial charge in [0, 0.05) is 25.9 Å². The molecule has 0 radical (unpaired) electrons. The number of aryl methyl sites for hydroxylation is 1. The Bertz CT molecular complexity index is 1150. The van der Waals surface area contributed by atoms with E-state index in [4.69, 9.17) is 21.9 Å². The first-order valence-electron chi connectivity index (χ1n) is 10.7. The van der Waals surface area contributed by atoms with E-state index in [9.17, 15) is 9.59 Å². The van der Waals surface area contributed by atoms with E-state index >= 15 is 0 Å². The zero-order valence-corrected chi connectivity index (χ0v) is 19.0. The molecule has 0 saturated carbocycles. The third-order valence-corrected chi connectivity index (χ3v) is 7.41. The number of fused-ring (bicyclic) bond motifs is 1. The highest BCUT2D eigenvalue weighted by molar-refractivity contribution is 8.26. The molecule has 5 rings (SSSR count). The predicted molar refractivity (Wildman–Crippen MR) is 126 cm³/mol. The summed E-state index contributed by atoms with van der Waals surface area (Å²) in [7, 11) is 0. The molecule has 1 amide bonds. The van der Waals surface area contributed by atoms with E-state index in [-0.39, 0.29) is 17.6 Å². The fraction of sp³-hybridized carbons (Fsp3) is 0.455. The number of hydrogen-bond acceptors (Lipinski definition) is 7. The van der Waals surface area contributed by atoms with Gasteiger partial charge in [-0.15, -0.1) is 0 Å². The van der Waals surface area contributed by atoms with E-state index < -0.39 is 0 Å². The molecule has 3 saturated heterocycles. The summed E-state index contributed by atoms with van der Waals surface area (Å²) in [5.41, 5.74) is 1.87. The molecule has 3 aliphatic rings. The van der Waals surface area contributed by atoms with Gasteiger partial charge in [0.25, 0.3) is 11.5 Å². The molecule has 7 nitrogen and oxygen atoms in total. The van der Waals surface area contributed by atoms with Crippen LogP contribution in [-0.2, 0) is 9.53 Å². The minimum atomic E-state index is -0.167. The van der Waals surface area contributed by atoms with E-state index in [1.165, 1.54) is 11.8 Å². The van der Waals surface area contributed by atoms with Gasteiger partial charge in [0.05, 0.1) is 23.1 Å². The number of nitrogens with zero attached hydrogens (tertiary/aromatic N) is 4. The second-order valence-electron chi connectivity index (χ2n) is 8.16. The lowest BCUT2D eigenvalue weighted by molar-refractivity contribution is -0.123. The molecular weight excluding hydrogens is 432 g/mol. The predicted octanol–water partition coefficient (Wildman–Crippen LogP) is 2.98. The number of rotatable bonds is 4. The van der Waals surface area contributed by atoms with E-state index in [1.54, 1.807) is 21.6 Å². The SMILES string of the molecule is Cc1cccn2c(=O)c(/C=C3\SC(=S)N(CC4CCCO4)C3=O)c(N3CCCC3)nc12. The standard InChI is InChI=1S/C22H24N4O3S2/c1-14-6-4-10-25-18(14)23-19(24-8-2-3-9-24)16(20(25)27)12-17-21(28)26(22(30)31-17)13-15-7-5-11-29-15/h4,6,10,12,15H,2-3,5,7-9,11,13H2,1H3/b17-12-. The maximum atomic E-state index is 13.5. The van der Waals surface area contributed by atoms with Crippen LogP contribution in [-0.4, -0.2) is 56.9 Å². The number of thiocarbonyl (C=S) groups is 1. The first-order valence-corrected chi connectivity index (χ1v) is 11.9. The molecule has 0 aromatic carbocycles. The number of amides is 1. The molecule has 0 aliphatic carbocycles. The number of carbonyl (C=O) groups is 1. The molecule has 5 heterocycles. The Hall–Kier alpha value is -2.23. The second kappa shape index (κ2) is 8.37. The largest absolute Gasteiger partial charge is 0.376 e. The number of thioether (sulfide) groups is 1. The number of carbonyl (C=O) groups excluding carboxylic acids is 1. The average Bonchev–Trinajstić information content (AvgIpc) is 3.51. The molecule has 9 heteroatoms. The number of aromatic nitrogens is 2. The first-order chi connectivity index (χ1) is 15.0. The fourth-order valence-corrected chi connectivity index (χ4v) is 5.63. The van der Waals surface area contributed by atoms with Crippen LogP contribution in [0, 0.1) is 6.92 Å². The van der Waals surface area contributed by atoms with Crippen molar-refractivity contribution in [2.24, 2.45) is 0 Å². The summed E-state index contributed by atoms with van der Waals surface area (Å²) < 4.78 is 7.75. The highest BCUT2D eigenvalue weighted by atomic mass is 32.2. The second-order valence-corrected chi connectivity index (χ2v) is 9.84. The lowest BCUT2D eigenvalue weighted by Crippen LogP contribution is -2.35. The zero-order chi connectivity index (χ0) is 21.5. The Labute approximate surface area is 190 Å². The molecule has 31 heavy (non-hydrogen) atoms. The van der Waals surface area contributed by atoms with E-state index in [2.05, 4.69) is 4.90 Å². The molecule has 3 fully saturated rings. The smallest absolute Gasteiger partial charge is 0.267 e. The van der Waals surface area contributed by atoms with Crippen molar-refractivity contribution in [2.45, 2.75) is 38.7 Å². The average molecular weight is 457 g/mol. The van der Waals surface area contributed by atoms with Gasteiger partial charge < -0.3 is 9.64 Å². The Morgan fingerprint density at radius 2 is 2.10 bits per heavy atom. The third-order valence-electron chi connectivity index (χ3n) is 6.03. The molecule has 3 aliphatic heterocycles. The molecule has 1 unspecified atom stereocenters. The summed E-state index contributed by atoms with van der Waals surface area (Å²) in [6, 6.07) is 3.79. The van der Waals surface area contributed by atoms with Crippen LogP contribution in [0.15, 0.2) is 28.0 Å². The van der Waals surface area contributed by atoms with Crippen molar-refractivity contribution in [3.63, 3.8) is 0 Å². The van der Waals surface area contributed by atoms with Gasteiger partial charge in [-0.2, -0.15) is 0 Å². The van der Waals surface area contributed by atoms with Crippen LogP contribution < -0.4 is 10.5 Å². The normalized spacial score (nSPS) is 23.1. The number of anilines is 1. The lowest BCUT2D eigenvalue weighted by Gasteiger charge is -2.20. The van der Waals surface area contributed by atoms with E-state index in [0.29, 0.717) is 32.8 Å². The summed E-state index contributed by atoms with van der Waals surface area (Å²) in [6.07, 6.45) is 7.52. The molecule has 0 N–H and O–H groups in total. The van der Waals surface area contributed by atoms with Crippen LogP contribution >= 0.6 is 24.0 Å². The van der Waals surface area contributed by atoms with Crippen molar-refractivity contribution in [2.75, 3.05) is 31.1 Å². The van der Waals surface area contributed by atoms with Gasteiger partial charge in [0.2, 0.25) is 0 Å². The Morgan fingerprint density at radius 3 is 2.84 bits per heavy atom. The third kappa shape index (κ3) is 3.79. The fourth-order valence-electron chi connectivity index (χ4n) is 4.38. The molecule has 2 aromatic heterocycles. The quantitative estimate of drug-likeness (QED) is 0.518. The Kier molecular flexibility index (Phi) is 5.58. The number of pyridine rings is 1. The van der Waals surface area contributed by atoms with Crippen LogP contribution in [0.3, 0.4) is 0 Å². The zero-order valence-electron chi connectivity index (χ0n) is 17.4. The summed E-state index contributed by atoms with van der Waals surface area (Å²) in [5, 5.41) is 0. The summed E-state index contributed by atoms with van der Waals surface area (Å²) in [5.74, 6) is 0.493. The summed E-state index contributed by atoms with van der Waals surface area (Å²) in [4.78, 5) is 35.7. The van der Waals surface area contributed by atoms with Gasteiger partial charge in [0.15, 0.2) is 0 Å². The molecule has 0 spiro atoms. The molecular formula is C22H24N4O3S2. The van der Waals surface area contributed by atoms with Crippen molar-refractivity contribution in [1.29, 1.82) is 0 Å². The first kappa shape index (κ1) is 20.7. The van der Waals surface area contributed by atoms with E-state index in [1.807, 2.05) is 19.1 Å². The van der Waals surface area contributed by atoms with E-state index in [0.717, 1.165) is 50.9 Å². The van der Waals surface area contributed by atoms with Crippen LogP contribution in [0.25, 0.3) is 11.7 Å². The lowest BCUT2D eigenvalue weighted by atomic mass is 10.2. The molecule has 2 aromatic rings. The minimum absolute atomic E-state index is 0.0259. The van der Waals surface area contributed by atoms with Crippen molar-refractivity contribution in [1.82, 2.24) is 14.3 Å². The van der Waals surface area contributed by atoms with Gasteiger partial charge in [-0.1, -0.05) is 30.0 Å². The van der Waals surface area contributed by atoms with Crippen molar-refractivity contribution in [3.05, 3.63) is 44.7 Å². The van der Waals surface area contributed by atoms with Crippen LogP contribution in [0.2, 0.25) is 0 Å². The van der Waals surface area contributed by atoms with Gasteiger partial charge in [-0.3, -0.25) is 18.9 Å². The maximum Gasteiger partial charge on any atom is 0.267 e. The highest BCUT2D eigenvalue weighted by Crippen LogP contribution is 2.34. The monoisotopic (exact) mass is 456 g/mol. The number of ether oxygens (including phenoxy) is 1. The van der Waals surface area contributed by atoms with Crippen molar-refractivity contribution >= 4 is 51.7 Å². The molecule has 0 bridgehead atoms. The molecule has 1 atom stereocenters. The van der Waals surface area contributed by atoms with Crippen LogP contribution in [0.1, 0.15) is 36.8 Å². The number of hydrogen-bond donors (Lipinski definition) is 0. The van der Waals surface area contributed by atoms with Gasteiger partial charge >= 0.3 is 0 Å². The van der Waals surface area contributed by atoms with Crippen molar-refractivity contribution in [3.8, 4) is 0 Å². The summed E-state index contributed by atoms with van der Waals surface area (Å²) in [6.45, 7) is 4.86. The Balaban J connectivity index is 1.57.